The maximum Gasteiger partial charge on any atom is 0.472 e. The first-order valence-corrected chi connectivity index (χ1v) is 11.0. The zero-order chi connectivity index (χ0) is 21.1. The van der Waals surface area contributed by atoms with Gasteiger partial charge in [0.05, 0.1) is 37.6 Å². The number of rotatable bonds is 10. The minimum atomic E-state index is -4.47. The Labute approximate surface area is 169 Å². The lowest BCUT2D eigenvalue weighted by atomic mass is 9.91. The van der Waals surface area contributed by atoms with Crippen LogP contribution in [-0.2, 0) is 32.6 Å². The summed E-state index contributed by atoms with van der Waals surface area (Å²) in [4.78, 5) is 10.2. The van der Waals surface area contributed by atoms with E-state index in [-0.39, 0.29) is 31.5 Å². The van der Waals surface area contributed by atoms with Crippen LogP contribution in [0, 0.1) is 0 Å². The Kier molecular flexibility index (Phi) is 9.01. The molecule has 0 aromatic rings. The average Bonchev–Trinajstić information content (AvgIpc) is 3.04. The minimum Gasteiger partial charge on any atom is -0.380 e. The third-order valence-electron chi connectivity index (χ3n) is 4.38. The maximum atomic E-state index is 12.5. The summed E-state index contributed by atoms with van der Waals surface area (Å²) in [5, 5.41) is 0. The third kappa shape index (κ3) is 7.07. The Morgan fingerprint density at radius 3 is 2.43 bits per heavy atom. The van der Waals surface area contributed by atoms with Gasteiger partial charge in [-0.2, -0.15) is 0 Å². The van der Waals surface area contributed by atoms with Gasteiger partial charge >= 0.3 is 7.82 Å². The molecule has 2 fully saturated rings. The van der Waals surface area contributed by atoms with Crippen molar-refractivity contribution in [2.24, 2.45) is 5.73 Å². The second-order valence-corrected chi connectivity index (χ2v) is 9.01. The molecule has 2 rings (SSSR count). The smallest absolute Gasteiger partial charge is 0.380 e. The van der Waals surface area contributed by atoms with Crippen molar-refractivity contribution in [2.75, 3.05) is 13.2 Å². The molecule has 158 valence electrons. The van der Waals surface area contributed by atoms with Gasteiger partial charge in [-0.3, -0.25) is 9.05 Å². The largest absolute Gasteiger partial charge is 0.472 e. The normalized spacial score (nSPS) is 38.4. The summed E-state index contributed by atoms with van der Waals surface area (Å²) >= 11 is 0. The summed E-state index contributed by atoms with van der Waals surface area (Å²) in [5.74, 6) is 0. The quantitative estimate of drug-likeness (QED) is 0.380. The van der Waals surface area contributed by atoms with Crippen LogP contribution in [0.25, 0.3) is 0 Å². The Morgan fingerprint density at radius 1 is 1.14 bits per heavy atom. The number of phosphoric acid groups is 1. The Morgan fingerprint density at radius 2 is 1.82 bits per heavy atom. The van der Waals surface area contributed by atoms with E-state index in [4.69, 9.17) is 49.4 Å². The van der Waals surface area contributed by atoms with Crippen molar-refractivity contribution < 1.29 is 37.5 Å². The third-order valence-corrected chi connectivity index (χ3v) is 5.37. The molecule has 0 spiro atoms. The van der Waals surface area contributed by atoms with Gasteiger partial charge in [-0.25, -0.2) is 4.57 Å². The zero-order valence-electron chi connectivity index (χ0n) is 16.8. The summed E-state index contributed by atoms with van der Waals surface area (Å²) in [5.41, 5.74) is 5.96. The summed E-state index contributed by atoms with van der Waals surface area (Å²) in [6.07, 6.45) is -2.21. The maximum absolute atomic E-state index is 12.5. The molecule has 2 heterocycles. The fraction of sp³-hybridized carbons (Fsp3) is 1.00. The summed E-state index contributed by atoms with van der Waals surface area (Å²) in [6.45, 7) is 7.37. The molecule has 0 bridgehead atoms. The van der Waals surface area contributed by atoms with Crippen LogP contribution < -0.4 is 5.73 Å². The predicted molar refractivity (Wildman–Crippen MR) is 103 cm³/mol. The second kappa shape index (κ2) is 10.4. The average molecular weight is 417 g/mol. The Balaban J connectivity index is 1.93. The molecular weight excluding hydrogens is 387 g/mol. The van der Waals surface area contributed by atoms with Crippen molar-refractivity contribution in [1.29, 1.82) is 0 Å². The number of nitrogens with two attached hydrogens (primary N) is 1. The van der Waals surface area contributed by atoms with E-state index in [2.05, 4.69) is 0 Å². The molecule has 0 amide bonds. The van der Waals surface area contributed by atoms with Crippen LogP contribution in [0.1, 0.15) is 34.1 Å². The molecule has 12 heteroatoms. The van der Waals surface area contributed by atoms with Crippen molar-refractivity contribution >= 4 is 23.5 Å². The lowest BCUT2D eigenvalue weighted by molar-refractivity contribution is -0.0651. The molecular formula is C16H30B2NO8P. The molecule has 9 nitrogen and oxygen atoms in total. The van der Waals surface area contributed by atoms with Gasteiger partial charge in [0.15, 0.2) is 0 Å². The van der Waals surface area contributed by atoms with E-state index < -0.39 is 44.2 Å². The number of phosphoric ester groups is 1. The number of ether oxygens (including phenoxy) is 4. The summed E-state index contributed by atoms with van der Waals surface area (Å²) in [6, 6.07) is -2.17. The molecule has 3 N–H and O–H groups in total. The fourth-order valence-electron chi connectivity index (χ4n) is 3.10. The zero-order valence-corrected chi connectivity index (χ0v) is 17.7. The molecule has 0 aromatic carbocycles. The van der Waals surface area contributed by atoms with E-state index in [1.165, 1.54) is 0 Å². The molecule has 8 atom stereocenters. The summed E-state index contributed by atoms with van der Waals surface area (Å²) < 4.78 is 45.1. The monoisotopic (exact) mass is 417 g/mol. The molecule has 2 aliphatic rings. The van der Waals surface area contributed by atoms with Gasteiger partial charge in [0.25, 0.3) is 0 Å². The first-order chi connectivity index (χ1) is 13.0. The minimum absolute atomic E-state index is 0.0459. The highest BCUT2D eigenvalue weighted by molar-refractivity contribution is 7.47. The topological polar surface area (TPSA) is 119 Å². The van der Waals surface area contributed by atoms with E-state index in [1.807, 2.05) is 27.7 Å². The highest BCUT2D eigenvalue weighted by Gasteiger charge is 2.45. The van der Waals surface area contributed by atoms with Crippen LogP contribution in [-0.4, -0.2) is 88.5 Å². The van der Waals surface area contributed by atoms with E-state index in [0.29, 0.717) is 6.42 Å². The lowest BCUT2D eigenvalue weighted by Crippen LogP contribution is -2.43. The van der Waals surface area contributed by atoms with Crippen molar-refractivity contribution in [2.45, 2.75) is 88.8 Å². The number of hydrogen-bond acceptors (Lipinski definition) is 8. The van der Waals surface area contributed by atoms with Crippen LogP contribution >= 0.6 is 7.82 Å². The first-order valence-electron chi connectivity index (χ1n) is 9.49. The highest BCUT2D eigenvalue weighted by atomic mass is 31.2. The molecule has 4 radical (unpaired) electrons. The van der Waals surface area contributed by atoms with Crippen molar-refractivity contribution in [3.8, 4) is 0 Å². The van der Waals surface area contributed by atoms with E-state index in [0.717, 1.165) is 0 Å². The van der Waals surface area contributed by atoms with E-state index in [9.17, 15) is 9.46 Å². The molecule has 2 saturated heterocycles. The van der Waals surface area contributed by atoms with Gasteiger partial charge < -0.3 is 29.6 Å². The van der Waals surface area contributed by atoms with Gasteiger partial charge in [-0.15, -0.1) is 0 Å². The van der Waals surface area contributed by atoms with Gasteiger partial charge in [0.1, 0.15) is 34.0 Å². The Hall–Kier alpha value is 0.0399. The Bertz CT molecular complexity index is 543. The van der Waals surface area contributed by atoms with Crippen molar-refractivity contribution in [1.82, 2.24) is 0 Å². The predicted octanol–water partition coefficient (Wildman–Crippen LogP) is 0.211. The van der Waals surface area contributed by atoms with Crippen LogP contribution in [0.2, 0.25) is 0 Å². The molecule has 0 aromatic heterocycles. The molecule has 28 heavy (non-hydrogen) atoms. The number of hydrogen-bond donors (Lipinski definition) is 2. The van der Waals surface area contributed by atoms with Crippen LogP contribution in [0.5, 0.6) is 0 Å². The van der Waals surface area contributed by atoms with Crippen LogP contribution in [0.3, 0.4) is 0 Å². The van der Waals surface area contributed by atoms with E-state index in [1.54, 1.807) is 0 Å². The van der Waals surface area contributed by atoms with Gasteiger partial charge in [-0.1, -0.05) is 0 Å². The molecule has 2 unspecified atom stereocenters. The SMILES string of the molecule is [B][C@@H]1O[C@H](COC(C)C)[C@H](OP(=O)(O)OC[C@H]2O[C@@H]([B])C[C@H]2OC(C)C)C1N. The molecule has 0 saturated carbocycles. The van der Waals surface area contributed by atoms with Crippen molar-refractivity contribution in [3.63, 3.8) is 0 Å². The molecule has 2 aliphatic heterocycles. The standard InChI is InChI=1S/C16H30B2NO8P/c1-8(2)22-6-12-15(14(19)16(18)26-12)27-28(20,21)23-7-11-10(24-9(3)4)5-13(17)25-11/h8-16H,5-7,19H2,1-4H3,(H,20,21)/t10-,11-,12-,13-,14?,15+,16-/m1/s1. The van der Waals surface area contributed by atoms with Crippen molar-refractivity contribution in [3.05, 3.63) is 0 Å². The highest BCUT2D eigenvalue weighted by Crippen LogP contribution is 2.47. The first kappa shape index (κ1) is 24.3. The lowest BCUT2D eigenvalue weighted by Gasteiger charge is -2.26. The van der Waals surface area contributed by atoms with E-state index >= 15 is 0 Å². The van der Waals surface area contributed by atoms with Crippen LogP contribution in [0.4, 0.5) is 0 Å². The van der Waals surface area contributed by atoms with Gasteiger partial charge in [0.2, 0.25) is 0 Å². The van der Waals surface area contributed by atoms with Gasteiger partial charge in [0, 0.05) is 12.0 Å². The van der Waals surface area contributed by atoms with Gasteiger partial charge in [-0.05, 0) is 34.1 Å². The van der Waals surface area contributed by atoms with Crippen LogP contribution in [0.15, 0.2) is 0 Å². The second-order valence-electron chi connectivity index (χ2n) is 7.60. The summed E-state index contributed by atoms with van der Waals surface area (Å²) in [7, 11) is 7.11. The fourth-order valence-corrected chi connectivity index (χ4v) is 4.08. The molecule has 0 aliphatic carbocycles.